The van der Waals surface area contributed by atoms with Crippen molar-refractivity contribution in [2.75, 3.05) is 0 Å². The number of hydrogen-bond acceptors (Lipinski definition) is 2. The van der Waals surface area contributed by atoms with E-state index in [0.717, 1.165) is 24.3 Å². The van der Waals surface area contributed by atoms with Gasteiger partial charge in [-0.15, -0.1) is 0 Å². The Labute approximate surface area is 130 Å². The van der Waals surface area contributed by atoms with Gasteiger partial charge in [0, 0.05) is 17.1 Å². The molecule has 2 aromatic carbocycles. The van der Waals surface area contributed by atoms with Gasteiger partial charge in [-0.25, -0.2) is 0 Å². The number of phenols is 1. The van der Waals surface area contributed by atoms with E-state index in [1.165, 1.54) is 16.7 Å². The van der Waals surface area contributed by atoms with Crippen LogP contribution in [0.5, 0.6) is 5.75 Å². The first-order chi connectivity index (χ1) is 10.1. The Morgan fingerprint density at radius 2 is 2.10 bits per heavy atom. The van der Waals surface area contributed by atoms with Gasteiger partial charge in [-0.2, -0.15) is 0 Å². The van der Waals surface area contributed by atoms with E-state index < -0.39 is 0 Å². The van der Waals surface area contributed by atoms with E-state index in [9.17, 15) is 5.11 Å². The lowest BCUT2D eigenvalue weighted by atomic mass is 9.87. The van der Waals surface area contributed by atoms with Gasteiger partial charge in [0.2, 0.25) is 0 Å². The van der Waals surface area contributed by atoms with Gasteiger partial charge in [-0.3, -0.25) is 0 Å². The van der Waals surface area contributed by atoms with Gasteiger partial charge in [0.15, 0.2) is 0 Å². The van der Waals surface area contributed by atoms with Crippen LogP contribution >= 0.6 is 11.6 Å². The molecule has 0 aromatic heterocycles. The maximum atomic E-state index is 9.63. The Kier molecular flexibility index (Phi) is 4.18. The minimum atomic E-state index is 0.244. The highest BCUT2D eigenvalue weighted by Crippen LogP contribution is 2.33. The van der Waals surface area contributed by atoms with Crippen molar-refractivity contribution < 1.29 is 5.11 Å². The predicted molar refractivity (Wildman–Crippen MR) is 86.8 cm³/mol. The van der Waals surface area contributed by atoms with E-state index in [1.54, 1.807) is 6.07 Å². The summed E-state index contributed by atoms with van der Waals surface area (Å²) < 4.78 is 0. The third-order valence-electron chi connectivity index (χ3n) is 4.24. The van der Waals surface area contributed by atoms with Crippen LogP contribution in [0.4, 0.5) is 0 Å². The number of phenolic OH excluding ortho intramolecular Hbond substituents is 1. The molecule has 2 atom stereocenters. The fraction of sp³-hybridized carbons (Fsp3) is 0.333. The summed E-state index contributed by atoms with van der Waals surface area (Å²) >= 11 is 6.07. The average molecular weight is 302 g/mol. The number of hydrogen-bond donors (Lipinski definition) is 2. The number of fused-ring (bicyclic) bond motifs is 1. The van der Waals surface area contributed by atoms with Crippen molar-refractivity contribution in [1.29, 1.82) is 0 Å². The zero-order valence-corrected chi connectivity index (χ0v) is 12.9. The number of halogens is 1. The summed E-state index contributed by atoms with van der Waals surface area (Å²) in [5.74, 6) is 0.359. The highest BCUT2D eigenvalue weighted by molar-refractivity contribution is 6.30. The van der Waals surface area contributed by atoms with Crippen LogP contribution in [0.25, 0.3) is 0 Å². The zero-order valence-electron chi connectivity index (χ0n) is 12.1. The highest BCUT2D eigenvalue weighted by atomic mass is 35.5. The van der Waals surface area contributed by atoms with Gasteiger partial charge in [-0.05, 0) is 67.1 Å². The van der Waals surface area contributed by atoms with Crippen molar-refractivity contribution in [3.63, 3.8) is 0 Å². The van der Waals surface area contributed by atoms with Crippen LogP contribution in [0.2, 0.25) is 5.02 Å². The lowest BCUT2D eigenvalue weighted by Crippen LogP contribution is -2.27. The molecule has 0 saturated heterocycles. The third-order valence-corrected chi connectivity index (χ3v) is 4.48. The van der Waals surface area contributed by atoms with E-state index in [4.69, 9.17) is 11.6 Å². The molecule has 1 aliphatic rings. The molecule has 0 bridgehead atoms. The first-order valence-corrected chi connectivity index (χ1v) is 7.84. The third kappa shape index (κ3) is 3.22. The number of aryl methyl sites for hydroxylation is 1. The van der Waals surface area contributed by atoms with Crippen LogP contribution in [-0.4, -0.2) is 5.11 Å². The van der Waals surface area contributed by atoms with Gasteiger partial charge >= 0.3 is 0 Å². The van der Waals surface area contributed by atoms with Crippen LogP contribution in [-0.2, 0) is 6.42 Å². The molecule has 0 aliphatic heterocycles. The summed E-state index contributed by atoms with van der Waals surface area (Å²) in [5.41, 5.74) is 3.78. The fourth-order valence-electron chi connectivity index (χ4n) is 3.15. The maximum absolute atomic E-state index is 9.63. The monoisotopic (exact) mass is 301 g/mol. The SMILES string of the molecule is CC(NC1CCCc2cc(O)ccc21)c1cccc(Cl)c1. The molecule has 110 valence electrons. The topological polar surface area (TPSA) is 32.3 Å². The predicted octanol–water partition coefficient (Wildman–Crippen LogP) is 4.77. The van der Waals surface area contributed by atoms with E-state index in [1.807, 2.05) is 30.3 Å². The second kappa shape index (κ2) is 6.08. The van der Waals surface area contributed by atoms with E-state index in [-0.39, 0.29) is 6.04 Å². The van der Waals surface area contributed by atoms with E-state index in [0.29, 0.717) is 11.8 Å². The van der Waals surface area contributed by atoms with Crippen molar-refractivity contribution in [2.45, 2.75) is 38.3 Å². The first-order valence-electron chi connectivity index (χ1n) is 7.47. The Bertz CT molecular complexity index is 641. The van der Waals surface area contributed by atoms with Crippen LogP contribution in [0, 0.1) is 0 Å². The number of aromatic hydroxyl groups is 1. The smallest absolute Gasteiger partial charge is 0.115 e. The molecule has 1 aliphatic carbocycles. The highest BCUT2D eigenvalue weighted by Gasteiger charge is 2.22. The summed E-state index contributed by atoms with van der Waals surface area (Å²) in [6, 6.07) is 14.3. The quantitative estimate of drug-likeness (QED) is 0.855. The van der Waals surface area contributed by atoms with Crippen LogP contribution in [0.3, 0.4) is 0 Å². The average Bonchev–Trinajstić information content (AvgIpc) is 2.47. The number of nitrogens with one attached hydrogen (secondary N) is 1. The Hall–Kier alpha value is -1.51. The van der Waals surface area contributed by atoms with Gasteiger partial charge in [0.25, 0.3) is 0 Å². The molecule has 0 amide bonds. The molecular formula is C18H20ClNO. The minimum Gasteiger partial charge on any atom is -0.508 e. The van der Waals surface area contributed by atoms with Crippen LogP contribution in [0.15, 0.2) is 42.5 Å². The summed E-state index contributed by atoms with van der Waals surface area (Å²) in [6.07, 6.45) is 3.33. The summed E-state index contributed by atoms with van der Waals surface area (Å²) in [6.45, 7) is 2.17. The van der Waals surface area contributed by atoms with Gasteiger partial charge in [0.05, 0.1) is 0 Å². The fourth-order valence-corrected chi connectivity index (χ4v) is 3.35. The molecule has 2 nitrogen and oxygen atoms in total. The molecule has 21 heavy (non-hydrogen) atoms. The molecule has 3 heteroatoms. The van der Waals surface area contributed by atoms with Gasteiger partial charge < -0.3 is 10.4 Å². The van der Waals surface area contributed by atoms with Crippen molar-refractivity contribution in [2.24, 2.45) is 0 Å². The normalized spacial score (nSPS) is 19.0. The van der Waals surface area contributed by atoms with Crippen LogP contribution < -0.4 is 5.32 Å². The lowest BCUT2D eigenvalue weighted by molar-refractivity contribution is 0.413. The Balaban J connectivity index is 1.80. The molecule has 0 fully saturated rings. The van der Waals surface area contributed by atoms with Crippen molar-refractivity contribution >= 4 is 11.6 Å². The maximum Gasteiger partial charge on any atom is 0.115 e. The van der Waals surface area contributed by atoms with E-state index >= 15 is 0 Å². The molecule has 2 N–H and O–H groups in total. The molecule has 3 rings (SSSR count). The molecule has 0 radical (unpaired) electrons. The largest absolute Gasteiger partial charge is 0.508 e. The van der Waals surface area contributed by atoms with Crippen molar-refractivity contribution in [3.05, 3.63) is 64.2 Å². The Morgan fingerprint density at radius 3 is 2.90 bits per heavy atom. The summed E-state index contributed by atoms with van der Waals surface area (Å²) in [4.78, 5) is 0. The van der Waals surface area contributed by atoms with Gasteiger partial charge in [-0.1, -0.05) is 29.8 Å². The van der Waals surface area contributed by atoms with Crippen molar-refractivity contribution in [1.82, 2.24) is 5.32 Å². The molecule has 0 spiro atoms. The molecule has 2 unspecified atom stereocenters. The lowest BCUT2D eigenvalue weighted by Gasteiger charge is -2.29. The molecular weight excluding hydrogens is 282 g/mol. The second-order valence-electron chi connectivity index (χ2n) is 5.77. The number of rotatable bonds is 3. The second-order valence-corrected chi connectivity index (χ2v) is 6.21. The molecule has 0 saturated carbocycles. The Morgan fingerprint density at radius 1 is 1.24 bits per heavy atom. The summed E-state index contributed by atoms with van der Waals surface area (Å²) in [5, 5.41) is 14.1. The molecule has 0 heterocycles. The number of benzene rings is 2. The molecule has 2 aromatic rings. The zero-order chi connectivity index (χ0) is 14.8. The minimum absolute atomic E-state index is 0.244. The van der Waals surface area contributed by atoms with E-state index in [2.05, 4.69) is 18.3 Å². The summed E-state index contributed by atoms with van der Waals surface area (Å²) in [7, 11) is 0. The van der Waals surface area contributed by atoms with Crippen LogP contribution in [0.1, 0.15) is 48.5 Å². The van der Waals surface area contributed by atoms with Crippen molar-refractivity contribution in [3.8, 4) is 5.75 Å². The van der Waals surface area contributed by atoms with Gasteiger partial charge in [0.1, 0.15) is 5.75 Å². The standard InChI is InChI=1S/C18H20ClNO/c1-12(13-4-2-6-15(19)10-13)20-18-7-3-5-14-11-16(21)8-9-17(14)18/h2,4,6,8-12,18,20-21H,3,5,7H2,1H3. The first kappa shape index (κ1) is 14.4.